The zero-order chi connectivity index (χ0) is 15.3. The third-order valence-corrected chi connectivity index (χ3v) is 4.82. The first kappa shape index (κ1) is 16.6. The van der Waals surface area contributed by atoms with E-state index >= 15 is 0 Å². The van der Waals surface area contributed by atoms with E-state index in [1.54, 1.807) is 0 Å². The number of anilines is 1. The third-order valence-electron chi connectivity index (χ3n) is 3.20. The topological polar surface area (TPSA) is 72.2 Å². The molecule has 112 valence electrons. The van der Waals surface area contributed by atoms with Crippen LogP contribution in [-0.4, -0.2) is 21.4 Å². The number of benzene rings is 1. The van der Waals surface area contributed by atoms with E-state index in [-0.39, 0.29) is 22.5 Å². The van der Waals surface area contributed by atoms with Gasteiger partial charge >= 0.3 is 0 Å². The van der Waals surface area contributed by atoms with Gasteiger partial charge in [-0.2, -0.15) is 0 Å². The number of rotatable bonds is 6. The normalized spacial score (nSPS) is 14.1. The van der Waals surface area contributed by atoms with Gasteiger partial charge < -0.3 is 11.1 Å². The lowest BCUT2D eigenvalue weighted by Gasteiger charge is -2.18. The molecule has 1 aromatic carbocycles. The van der Waals surface area contributed by atoms with Gasteiger partial charge in [0.2, 0.25) is 5.91 Å². The number of nitrogens with one attached hydrogen (secondary N) is 1. The molecule has 3 N–H and O–H groups in total. The highest BCUT2D eigenvalue weighted by atomic mass is 32.2. The van der Waals surface area contributed by atoms with Crippen molar-refractivity contribution < 1.29 is 13.4 Å². The van der Waals surface area contributed by atoms with Crippen molar-refractivity contribution in [2.75, 3.05) is 5.73 Å². The summed E-state index contributed by atoms with van der Waals surface area (Å²) in [6, 6.07) is 4.00. The molecule has 0 saturated heterocycles. The van der Waals surface area contributed by atoms with Gasteiger partial charge in [-0.15, -0.1) is 0 Å². The van der Waals surface area contributed by atoms with Crippen LogP contribution < -0.4 is 11.1 Å². The molecule has 0 radical (unpaired) electrons. The van der Waals surface area contributed by atoms with E-state index in [4.69, 9.17) is 5.73 Å². The predicted octanol–water partition coefficient (Wildman–Crippen LogP) is 2.21. The Balaban J connectivity index is 2.83. The van der Waals surface area contributed by atoms with Gasteiger partial charge in [-0.3, -0.25) is 9.00 Å². The summed E-state index contributed by atoms with van der Waals surface area (Å²) in [5.41, 5.74) is 5.71. The predicted molar refractivity (Wildman–Crippen MR) is 79.2 cm³/mol. The maximum atomic E-state index is 13.7. The molecule has 4 nitrogen and oxygen atoms in total. The van der Waals surface area contributed by atoms with E-state index in [0.717, 1.165) is 18.9 Å². The lowest BCUT2D eigenvalue weighted by molar-refractivity contribution is -0.121. The first-order valence-electron chi connectivity index (χ1n) is 6.66. The zero-order valence-electron chi connectivity index (χ0n) is 12.0. The Morgan fingerprint density at radius 2 is 2.00 bits per heavy atom. The van der Waals surface area contributed by atoms with Crippen molar-refractivity contribution in [3.63, 3.8) is 0 Å². The van der Waals surface area contributed by atoms with Crippen LogP contribution in [0, 0.1) is 5.82 Å². The zero-order valence-corrected chi connectivity index (χ0v) is 12.8. The fourth-order valence-corrected chi connectivity index (χ4v) is 2.88. The first-order valence-corrected chi connectivity index (χ1v) is 7.87. The lowest BCUT2D eigenvalue weighted by atomic mass is 10.2. The van der Waals surface area contributed by atoms with Gasteiger partial charge in [-0.1, -0.05) is 13.8 Å². The standard InChI is InChI=1S/C14H21FN2O2S/c1-4-11(5-2)17-14(18)9(3)20(19)13-7-6-10(16)8-12(13)15/h6-9,11H,4-5,16H2,1-3H3,(H,17,18). The van der Waals surface area contributed by atoms with Crippen LogP contribution in [0.15, 0.2) is 23.1 Å². The van der Waals surface area contributed by atoms with E-state index in [0.29, 0.717) is 0 Å². The van der Waals surface area contributed by atoms with Crippen LogP contribution in [0.3, 0.4) is 0 Å². The molecule has 1 amide bonds. The quantitative estimate of drug-likeness (QED) is 0.791. The number of hydrogen-bond acceptors (Lipinski definition) is 3. The minimum atomic E-state index is -1.74. The summed E-state index contributed by atoms with van der Waals surface area (Å²) in [6.45, 7) is 5.47. The van der Waals surface area contributed by atoms with Gasteiger partial charge in [0.05, 0.1) is 15.7 Å². The summed E-state index contributed by atoms with van der Waals surface area (Å²) >= 11 is 0. The number of nitrogen functional groups attached to an aromatic ring is 1. The molecular formula is C14H21FN2O2S. The summed E-state index contributed by atoms with van der Waals surface area (Å²) < 4.78 is 26.0. The van der Waals surface area contributed by atoms with Crippen LogP contribution in [0.2, 0.25) is 0 Å². The van der Waals surface area contributed by atoms with E-state index in [9.17, 15) is 13.4 Å². The minimum Gasteiger partial charge on any atom is -0.399 e. The number of nitrogens with two attached hydrogens (primary N) is 1. The molecule has 0 aromatic heterocycles. The molecule has 2 unspecified atom stereocenters. The molecule has 1 aromatic rings. The molecule has 20 heavy (non-hydrogen) atoms. The first-order chi connectivity index (χ1) is 9.40. The summed E-state index contributed by atoms with van der Waals surface area (Å²) in [5, 5.41) is 2.01. The maximum absolute atomic E-state index is 13.7. The van der Waals surface area contributed by atoms with Crippen LogP contribution in [0.4, 0.5) is 10.1 Å². The van der Waals surface area contributed by atoms with Crippen LogP contribution >= 0.6 is 0 Å². The Kier molecular flexibility index (Phi) is 6.13. The Bertz CT molecular complexity index is 504. The van der Waals surface area contributed by atoms with E-state index < -0.39 is 21.9 Å². The Morgan fingerprint density at radius 1 is 1.40 bits per heavy atom. The average Bonchev–Trinajstić information content (AvgIpc) is 2.42. The van der Waals surface area contributed by atoms with Crippen molar-refractivity contribution in [2.24, 2.45) is 0 Å². The van der Waals surface area contributed by atoms with Crippen LogP contribution in [0.1, 0.15) is 33.6 Å². The van der Waals surface area contributed by atoms with Gasteiger partial charge in [-0.05, 0) is 38.0 Å². The van der Waals surface area contributed by atoms with Crippen molar-refractivity contribution in [3.05, 3.63) is 24.0 Å². The Hall–Kier alpha value is -1.43. The number of carbonyl (C=O) groups is 1. The molecular weight excluding hydrogens is 279 g/mol. The molecule has 0 spiro atoms. The van der Waals surface area contributed by atoms with Crippen molar-refractivity contribution in [3.8, 4) is 0 Å². The maximum Gasteiger partial charge on any atom is 0.236 e. The molecule has 0 bridgehead atoms. The van der Waals surface area contributed by atoms with Crippen molar-refractivity contribution in [1.82, 2.24) is 5.32 Å². The highest BCUT2D eigenvalue weighted by Gasteiger charge is 2.24. The van der Waals surface area contributed by atoms with Crippen molar-refractivity contribution >= 4 is 22.4 Å². The van der Waals surface area contributed by atoms with Crippen molar-refractivity contribution in [1.29, 1.82) is 0 Å². The Morgan fingerprint density at radius 3 is 2.50 bits per heavy atom. The van der Waals surface area contributed by atoms with Crippen LogP contribution in [-0.2, 0) is 15.6 Å². The second kappa shape index (κ2) is 7.38. The van der Waals surface area contributed by atoms with E-state index in [1.807, 2.05) is 13.8 Å². The molecule has 0 heterocycles. The summed E-state index contributed by atoms with van der Waals surface area (Å²) in [4.78, 5) is 12.0. The smallest absolute Gasteiger partial charge is 0.236 e. The van der Waals surface area contributed by atoms with Gasteiger partial charge in [0.15, 0.2) is 0 Å². The molecule has 0 fully saturated rings. The highest BCUT2D eigenvalue weighted by molar-refractivity contribution is 7.86. The number of halogens is 1. The van der Waals surface area contributed by atoms with Crippen LogP contribution in [0.25, 0.3) is 0 Å². The van der Waals surface area contributed by atoms with Gasteiger partial charge in [-0.25, -0.2) is 4.39 Å². The second-order valence-electron chi connectivity index (χ2n) is 4.65. The SMILES string of the molecule is CCC(CC)NC(=O)C(C)S(=O)c1ccc(N)cc1F. The molecule has 0 aliphatic carbocycles. The fourth-order valence-electron chi connectivity index (χ4n) is 1.78. The number of hydrogen-bond donors (Lipinski definition) is 2. The lowest BCUT2D eigenvalue weighted by Crippen LogP contribution is -2.41. The molecule has 0 aliphatic rings. The summed E-state index contributed by atoms with van der Waals surface area (Å²) in [6.07, 6.45) is 1.61. The highest BCUT2D eigenvalue weighted by Crippen LogP contribution is 2.18. The average molecular weight is 300 g/mol. The Labute approximate surface area is 121 Å². The van der Waals surface area contributed by atoms with Crippen LogP contribution in [0.5, 0.6) is 0 Å². The monoisotopic (exact) mass is 300 g/mol. The minimum absolute atomic E-state index is 0.00592. The number of carbonyl (C=O) groups excluding carboxylic acids is 1. The second-order valence-corrected chi connectivity index (χ2v) is 6.39. The molecule has 1 rings (SSSR count). The molecule has 2 atom stereocenters. The number of amides is 1. The summed E-state index contributed by atoms with van der Waals surface area (Å²) in [7, 11) is -1.74. The fraction of sp³-hybridized carbons (Fsp3) is 0.500. The van der Waals surface area contributed by atoms with Crippen molar-refractivity contribution in [2.45, 2.75) is 49.8 Å². The molecule has 6 heteroatoms. The third kappa shape index (κ3) is 4.03. The van der Waals surface area contributed by atoms with Gasteiger partial charge in [0.25, 0.3) is 0 Å². The van der Waals surface area contributed by atoms with E-state index in [1.165, 1.54) is 19.1 Å². The molecule has 0 saturated carbocycles. The van der Waals surface area contributed by atoms with E-state index in [2.05, 4.69) is 5.32 Å². The van der Waals surface area contributed by atoms with Gasteiger partial charge in [0, 0.05) is 11.7 Å². The van der Waals surface area contributed by atoms with Gasteiger partial charge in [0.1, 0.15) is 11.1 Å². The summed E-state index contributed by atoms with van der Waals surface area (Å²) in [5.74, 6) is -0.973. The molecule has 0 aliphatic heterocycles. The largest absolute Gasteiger partial charge is 0.399 e.